The molecule has 0 N–H and O–H groups in total. The van der Waals surface area contributed by atoms with Gasteiger partial charge in [-0.15, -0.1) is 0 Å². The van der Waals surface area contributed by atoms with Crippen molar-refractivity contribution in [1.29, 1.82) is 0 Å². The van der Waals surface area contributed by atoms with Gasteiger partial charge in [0.1, 0.15) is 0 Å². The number of hydrogen-bond donors (Lipinski definition) is 0. The molecule has 1 saturated heterocycles. The Morgan fingerprint density at radius 1 is 0.742 bits per heavy atom. The van der Waals surface area contributed by atoms with Crippen LogP contribution in [0.4, 0.5) is 19.9 Å². The van der Waals surface area contributed by atoms with E-state index in [1.165, 1.54) is 36.4 Å². The van der Waals surface area contributed by atoms with Crippen molar-refractivity contribution in [2.24, 2.45) is 0 Å². The van der Waals surface area contributed by atoms with Crippen LogP contribution in [0.2, 0.25) is 0 Å². The molecular weight excluding hydrogens is 621 g/mol. The summed E-state index contributed by atoms with van der Waals surface area (Å²) in [4.78, 5) is 41.4. The number of amides is 4. The zero-order chi connectivity index (χ0) is 21.7. The first-order valence-electron chi connectivity index (χ1n) is 9.53. The summed E-state index contributed by atoms with van der Waals surface area (Å²) in [5.41, 5.74) is 2.51. The first kappa shape index (κ1) is 20.5. The second kappa shape index (κ2) is 7.97. The summed E-state index contributed by atoms with van der Waals surface area (Å²) in [7, 11) is 2.80. The molecule has 2 aliphatic heterocycles. The van der Waals surface area contributed by atoms with Gasteiger partial charge in [-0.05, 0) is 0 Å². The molecule has 3 heterocycles. The van der Waals surface area contributed by atoms with Crippen LogP contribution in [-0.2, 0) is 9.59 Å². The number of benzene rings is 2. The van der Waals surface area contributed by atoms with Crippen molar-refractivity contribution in [2.75, 3.05) is 19.0 Å². The summed E-state index contributed by atoms with van der Waals surface area (Å²) in [5.74, 6) is -1.09. The van der Waals surface area contributed by atoms with Crippen LogP contribution >= 0.6 is 0 Å². The number of carbonyl (C=O) groups is 3. The topological polar surface area (TPSA) is 60.9 Å². The Morgan fingerprint density at radius 2 is 1.29 bits per heavy atom. The normalized spacial score (nSPS) is 15.9. The maximum atomic E-state index is 12.5. The van der Waals surface area contributed by atoms with Crippen molar-refractivity contribution in [3.8, 4) is 0 Å². The third kappa shape index (κ3) is 3.45. The molecule has 3 aromatic rings. The van der Waals surface area contributed by atoms with E-state index < -0.39 is 59.2 Å². The summed E-state index contributed by atoms with van der Waals surface area (Å²) in [6.07, 6.45) is 1.67. The van der Waals surface area contributed by atoms with Gasteiger partial charge in [-0.3, -0.25) is 0 Å². The molecule has 0 unspecified atom stereocenters. The van der Waals surface area contributed by atoms with Gasteiger partial charge in [0.05, 0.1) is 0 Å². The van der Waals surface area contributed by atoms with E-state index in [1.807, 2.05) is 6.07 Å². The van der Waals surface area contributed by atoms with Crippen LogP contribution in [0.3, 0.4) is 0 Å². The monoisotopic (exact) mass is 643 g/mol. The molecule has 0 radical (unpaired) electrons. The van der Waals surface area contributed by atoms with Gasteiger partial charge < -0.3 is 0 Å². The van der Waals surface area contributed by atoms with E-state index in [1.54, 1.807) is 6.08 Å². The van der Waals surface area contributed by atoms with Crippen LogP contribution < -0.4 is 12.1 Å². The molecule has 2 aromatic carbocycles. The molecule has 8 heteroatoms. The number of imide groups is 2. The van der Waals surface area contributed by atoms with Crippen molar-refractivity contribution >= 4 is 87.6 Å². The molecule has 0 bridgehead atoms. The van der Waals surface area contributed by atoms with E-state index in [9.17, 15) is 14.4 Å². The Balaban J connectivity index is 1.57. The molecule has 1 fully saturated rings. The van der Waals surface area contributed by atoms with Crippen molar-refractivity contribution in [3.05, 3.63) is 69.8 Å². The molecule has 0 spiro atoms. The zero-order valence-corrected chi connectivity index (χ0v) is 21.4. The third-order valence-corrected chi connectivity index (χ3v) is 11.3. The van der Waals surface area contributed by atoms with E-state index in [4.69, 9.17) is 0 Å². The Morgan fingerprint density at radius 3 is 1.87 bits per heavy atom. The van der Waals surface area contributed by atoms with E-state index in [0.717, 1.165) is 13.4 Å². The quantitative estimate of drug-likeness (QED) is 0.190. The van der Waals surface area contributed by atoms with Gasteiger partial charge in [-0.2, -0.15) is 0 Å². The molecule has 1 aromatic heterocycles. The van der Waals surface area contributed by atoms with Crippen LogP contribution in [-0.4, -0.2) is 83.1 Å². The molecule has 31 heavy (non-hydrogen) atoms. The van der Waals surface area contributed by atoms with Crippen LogP contribution in [0.25, 0.3) is 6.08 Å². The summed E-state index contributed by atoms with van der Waals surface area (Å²) in [5, 5.41) is 0. The molecule has 2 aliphatic rings. The first-order chi connectivity index (χ1) is 15.0. The summed E-state index contributed by atoms with van der Waals surface area (Å²) < 4.78 is 5.03. The van der Waals surface area contributed by atoms with Gasteiger partial charge >= 0.3 is 201 Å². The third-order valence-electron chi connectivity index (χ3n) is 5.20. The van der Waals surface area contributed by atoms with Crippen molar-refractivity contribution < 1.29 is 14.4 Å². The molecule has 154 valence electrons. The molecule has 0 aliphatic carbocycles. The van der Waals surface area contributed by atoms with Gasteiger partial charge in [0.2, 0.25) is 0 Å². The minimum atomic E-state index is -0.833. The molecule has 0 saturated carbocycles. The fourth-order valence-electron chi connectivity index (χ4n) is 3.60. The predicted molar refractivity (Wildman–Crippen MR) is 122 cm³/mol. The molecule has 4 amide bonds. The van der Waals surface area contributed by atoms with Crippen molar-refractivity contribution in [3.63, 3.8) is 0 Å². The molecule has 6 nitrogen and oxygen atoms in total. The number of likely N-dealkylation sites (N-methyl/N-ethyl adjacent to an activating group) is 2. The van der Waals surface area contributed by atoms with Gasteiger partial charge in [0.15, 0.2) is 0 Å². The van der Waals surface area contributed by atoms with Gasteiger partial charge in [-0.25, -0.2) is 0 Å². The van der Waals surface area contributed by atoms with Crippen LogP contribution in [0.15, 0.2) is 66.2 Å². The average Bonchev–Trinajstić information content (AvgIpc) is 3.25. The van der Waals surface area contributed by atoms with Crippen LogP contribution in [0.5, 0.6) is 0 Å². The number of rotatable bonds is 2. The van der Waals surface area contributed by atoms with Gasteiger partial charge in [-0.1, -0.05) is 0 Å². The van der Waals surface area contributed by atoms with Gasteiger partial charge in [0, 0.05) is 0 Å². The summed E-state index contributed by atoms with van der Waals surface area (Å²) >= 11 is -1.28. The fourth-order valence-corrected chi connectivity index (χ4v) is 9.41. The second-order valence-corrected chi connectivity index (χ2v) is 13.3. The average molecular weight is 639 g/mol. The number of hydrogen-bond acceptors (Lipinski definition) is 4. The SMILES string of the molecule is CN1C(=O)C(=Cc2ccc(N3c4ccccc4[Te]c4ccccc43)[te]2)C(=O)N(C)C1=O. The van der Waals surface area contributed by atoms with Crippen molar-refractivity contribution in [1.82, 2.24) is 9.80 Å². The zero-order valence-electron chi connectivity index (χ0n) is 16.7. The predicted octanol–water partition coefficient (Wildman–Crippen LogP) is 1.62. The summed E-state index contributed by atoms with van der Waals surface area (Å²) in [6.45, 7) is 0. The summed E-state index contributed by atoms with van der Waals surface area (Å²) in [6, 6.07) is 20.6. The number of para-hydroxylation sites is 2. The number of anilines is 3. The van der Waals surface area contributed by atoms with E-state index in [0.29, 0.717) is 0 Å². The molecule has 5 rings (SSSR count). The Kier molecular flexibility index (Phi) is 5.28. The first-order valence-corrected chi connectivity index (χ1v) is 14.2. The molecular formula is C23H17N3O3Te2. The Labute approximate surface area is 199 Å². The Bertz CT molecular complexity index is 1210. The number of barbiturate groups is 1. The fraction of sp³-hybridized carbons (Fsp3) is 0.0870. The van der Waals surface area contributed by atoms with Crippen LogP contribution in [0.1, 0.15) is 3.58 Å². The van der Waals surface area contributed by atoms with Gasteiger partial charge in [0.25, 0.3) is 0 Å². The number of fused-ring (bicyclic) bond motifs is 2. The number of urea groups is 1. The molecule has 0 atom stereocenters. The van der Waals surface area contributed by atoms with E-state index in [2.05, 4.69) is 59.5 Å². The maximum absolute atomic E-state index is 12.5. The van der Waals surface area contributed by atoms with E-state index >= 15 is 0 Å². The minimum absolute atomic E-state index is 0.0435. The number of nitrogens with zero attached hydrogens (tertiary/aromatic N) is 3. The standard InChI is InChI=1S/C23H17N3O3Te2/c1-24-21(27)15(22(28)25(2)23(24)29)13-14-11-12-20(30-14)26-16-7-3-5-9-18(16)31-19-10-6-4-8-17(19)26/h3-13H,1-2H3. The Hall–Kier alpha value is -2.35. The van der Waals surface area contributed by atoms with Crippen molar-refractivity contribution in [2.45, 2.75) is 0 Å². The van der Waals surface area contributed by atoms with Crippen LogP contribution in [0, 0.1) is 0 Å². The van der Waals surface area contributed by atoms with E-state index in [-0.39, 0.29) is 5.57 Å². The number of carbonyl (C=O) groups excluding carboxylic acids is 3. The second-order valence-electron chi connectivity index (χ2n) is 7.12.